The SMILES string of the molecule is CCCCCCCCNc1cc(NCCCCCCCC)cc(NCCCN(C)C)c1. The molecule has 0 bridgehead atoms. The minimum Gasteiger partial charge on any atom is -0.385 e. The molecule has 0 amide bonds. The molecule has 0 heterocycles. The van der Waals surface area contributed by atoms with E-state index >= 15 is 0 Å². The van der Waals surface area contributed by atoms with Crippen LogP contribution in [0, 0.1) is 0 Å². The van der Waals surface area contributed by atoms with E-state index in [1.54, 1.807) is 0 Å². The van der Waals surface area contributed by atoms with Gasteiger partial charge in [0.15, 0.2) is 0 Å². The highest BCUT2D eigenvalue weighted by Crippen LogP contribution is 2.23. The second kappa shape index (κ2) is 19.3. The Morgan fingerprint density at radius 3 is 1.26 bits per heavy atom. The van der Waals surface area contributed by atoms with E-state index in [0.717, 1.165) is 32.6 Å². The second-order valence-corrected chi connectivity index (χ2v) is 9.27. The predicted octanol–water partition coefficient (Wildman–Crippen LogP) is 7.60. The van der Waals surface area contributed by atoms with Crippen LogP contribution in [0.15, 0.2) is 18.2 Å². The molecule has 0 unspecified atom stereocenters. The van der Waals surface area contributed by atoms with Gasteiger partial charge in [-0.15, -0.1) is 0 Å². The van der Waals surface area contributed by atoms with Gasteiger partial charge in [0.25, 0.3) is 0 Å². The minimum absolute atomic E-state index is 1.01. The number of hydrogen-bond acceptors (Lipinski definition) is 4. The van der Waals surface area contributed by atoms with Crippen molar-refractivity contribution in [2.75, 3.05) is 56.2 Å². The number of unbranched alkanes of at least 4 members (excludes halogenated alkanes) is 10. The first kappa shape index (κ1) is 27.6. The fourth-order valence-electron chi connectivity index (χ4n) is 3.84. The second-order valence-electron chi connectivity index (χ2n) is 9.27. The number of nitrogens with one attached hydrogen (secondary N) is 3. The van der Waals surface area contributed by atoms with Gasteiger partial charge in [-0.3, -0.25) is 0 Å². The molecule has 0 saturated heterocycles. The van der Waals surface area contributed by atoms with Crippen LogP contribution >= 0.6 is 0 Å². The minimum atomic E-state index is 1.01. The largest absolute Gasteiger partial charge is 0.385 e. The summed E-state index contributed by atoms with van der Waals surface area (Å²) in [4.78, 5) is 2.24. The molecule has 4 heteroatoms. The fraction of sp³-hybridized carbons (Fsp3) is 0.778. The van der Waals surface area contributed by atoms with Crippen molar-refractivity contribution < 1.29 is 0 Å². The highest BCUT2D eigenvalue weighted by Gasteiger charge is 2.02. The Morgan fingerprint density at radius 1 is 0.516 bits per heavy atom. The highest BCUT2D eigenvalue weighted by atomic mass is 15.1. The summed E-state index contributed by atoms with van der Waals surface area (Å²) in [6.07, 6.45) is 17.2. The molecule has 0 saturated carbocycles. The van der Waals surface area contributed by atoms with Gasteiger partial charge in [-0.25, -0.2) is 0 Å². The van der Waals surface area contributed by atoms with Crippen LogP contribution in [-0.2, 0) is 0 Å². The molecule has 0 fully saturated rings. The molecule has 1 aromatic carbocycles. The van der Waals surface area contributed by atoms with Gasteiger partial charge in [-0.05, 0) is 58.1 Å². The summed E-state index contributed by atoms with van der Waals surface area (Å²) in [7, 11) is 4.27. The van der Waals surface area contributed by atoms with Gasteiger partial charge in [-0.1, -0.05) is 78.1 Å². The van der Waals surface area contributed by atoms with Crippen molar-refractivity contribution in [1.29, 1.82) is 0 Å². The molecule has 3 N–H and O–H groups in total. The van der Waals surface area contributed by atoms with Gasteiger partial charge in [0.1, 0.15) is 0 Å². The average molecular weight is 433 g/mol. The average Bonchev–Trinajstić information content (AvgIpc) is 2.75. The first-order chi connectivity index (χ1) is 15.2. The maximum atomic E-state index is 3.66. The van der Waals surface area contributed by atoms with Crippen LogP contribution in [0.3, 0.4) is 0 Å². The fourth-order valence-corrected chi connectivity index (χ4v) is 3.84. The van der Waals surface area contributed by atoms with Crippen LogP contribution < -0.4 is 16.0 Å². The lowest BCUT2D eigenvalue weighted by Gasteiger charge is -2.15. The third kappa shape index (κ3) is 15.9. The Bertz CT molecular complexity index is 494. The summed E-state index contributed by atoms with van der Waals surface area (Å²) in [6.45, 7) is 8.81. The smallest absolute Gasteiger partial charge is 0.0381 e. The number of benzene rings is 1. The molecule has 1 rings (SSSR count). The zero-order chi connectivity index (χ0) is 22.6. The first-order valence-corrected chi connectivity index (χ1v) is 13.2. The molecular weight excluding hydrogens is 380 g/mol. The molecule has 0 aliphatic heterocycles. The molecule has 0 radical (unpaired) electrons. The van der Waals surface area contributed by atoms with Crippen LogP contribution in [-0.4, -0.2) is 45.2 Å². The van der Waals surface area contributed by atoms with Crippen molar-refractivity contribution in [3.05, 3.63) is 18.2 Å². The van der Waals surface area contributed by atoms with E-state index in [1.807, 2.05) is 0 Å². The number of nitrogens with zero attached hydrogens (tertiary/aromatic N) is 1. The van der Waals surface area contributed by atoms with Crippen molar-refractivity contribution >= 4 is 17.1 Å². The van der Waals surface area contributed by atoms with E-state index in [2.05, 4.69) is 67.0 Å². The van der Waals surface area contributed by atoms with Crippen LogP contribution in [0.4, 0.5) is 17.1 Å². The zero-order valence-electron chi connectivity index (χ0n) is 21.2. The number of rotatable bonds is 21. The summed E-state index contributed by atoms with van der Waals surface area (Å²) >= 11 is 0. The summed E-state index contributed by atoms with van der Waals surface area (Å²) in [6, 6.07) is 6.81. The number of hydrogen-bond donors (Lipinski definition) is 3. The summed E-state index contributed by atoms with van der Waals surface area (Å²) < 4.78 is 0. The lowest BCUT2D eigenvalue weighted by molar-refractivity contribution is 0.405. The maximum Gasteiger partial charge on any atom is 0.0381 e. The molecular formula is C27H52N4. The van der Waals surface area contributed by atoms with Crippen molar-refractivity contribution in [2.45, 2.75) is 97.3 Å². The van der Waals surface area contributed by atoms with E-state index in [0.29, 0.717) is 0 Å². The Morgan fingerprint density at radius 2 is 0.871 bits per heavy atom. The van der Waals surface area contributed by atoms with Crippen LogP contribution in [0.2, 0.25) is 0 Å². The summed E-state index contributed by atoms with van der Waals surface area (Å²) in [5.74, 6) is 0. The Labute approximate surface area is 194 Å². The molecule has 1 aromatic rings. The first-order valence-electron chi connectivity index (χ1n) is 13.2. The van der Waals surface area contributed by atoms with Gasteiger partial charge in [-0.2, -0.15) is 0 Å². The molecule has 0 spiro atoms. The van der Waals surface area contributed by atoms with Crippen molar-refractivity contribution in [3.8, 4) is 0 Å². The van der Waals surface area contributed by atoms with Crippen LogP contribution in [0.25, 0.3) is 0 Å². The molecule has 0 aromatic heterocycles. The number of anilines is 3. The van der Waals surface area contributed by atoms with Crippen molar-refractivity contribution in [1.82, 2.24) is 4.90 Å². The lowest BCUT2D eigenvalue weighted by Crippen LogP contribution is -2.16. The quantitative estimate of drug-likeness (QED) is 0.175. The van der Waals surface area contributed by atoms with E-state index in [9.17, 15) is 0 Å². The third-order valence-corrected chi connectivity index (χ3v) is 5.76. The third-order valence-electron chi connectivity index (χ3n) is 5.76. The van der Waals surface area contributed by atoms with E-state index in [1.165, 1.54) is 94.1 Å². The Kier molecular flexibility index (Phi) is 17.2. The van der Waals surface area contributed by atoms with Gasteiger partial charge in [0.05, 0.1) is 0 Å². The van der Waals surface area contributed by atoms with E-state index < -0.39 is 0 Å². The predicted molar refractivity (Wildman–Crippen MR) is 142 cm³/mol. The van der Waals surface area contributed by atoms with Crippen LogP contribution in [0.1, 0.15) is 97.3 Å². The van der Waals surface area contributed by atoms with E-state index in [4.69, 9.17) is 0 Å². The summed E-state index contributed by atoms with van der Waals surface area (Å²) in [5.41, 5.74) is 3.69. The Hall–Kier alpha value is -1.42. The molecule has 4 nitrogen and oxygen atoms in total. The van der Waals surface area contributed by atoms with Gasteiger partial charge < -0.3 is 20.9 Å². The lowest BCUT2D eigenvalue weighted by atomic mass is 10.1. The van der Waals surface area contributed by atoms with Crippen molar-refractivity contribution in [3.63, 3.8) is 0 Å². The van der Waals surface area contributed by atoms with E-state index in [-0.39, 0.29) is 0 Å². The van der Waals surface area contributed by atoms with Crippen molar-refractivity contribution in [2.24, 2.45) is 0 Å². The normalized spacial score (nSPS) is 11.1. The van der Waals surface area contributed by atoms with Gasteiger partial charge in [0, 0.05) is 36.7 Å². The topological polar surface area (TPSA) is 39.3 Å². The van der Waals surface area contributed by atoms with Gasteiger partial charge >= 0.3 is 0 Å². The molecule has 0 atom stereocenters. The van der Waals surface area contributed by atoms with Crippen LogP contribution in [0.5, 0.6) is 0 Å². The molecule has 0 aliphatic rings. The maximum absolute atomic E-state index is 3.66. The van der Waals surface area contributed by atoms with Gasteiger partial charge in [0.2, 0.25) is 0 Å². The molecule has 180 valence electrons. The standard InChI is InChI=1S/C27H52N4/c1-5-7-9-11-13-15-18-28-25-22-26(29-19-16-14-12-10-8-6-2)24-27(23-25)30-20-17-21-31(3)4/h22-24,28-30H,5-21H2,1-4H3. The monoisotopic (exact) mass is 432 g/mol. The molecule has 31 heavy (non-hydrogen) atoms. The summed E-state index contributed by atoms with van der Waals surface area (Å²) in [5, 5.41) is 10.9. The Balaban J connectivity index is 2.46. The molecule has 0 aliphatic carbocycles. The highest BCUT2D eigenvalue weighted by molar-refractivity contribution is 5.67. The zero-order valence-corrected chi connectivity index (χ0v) is 21.2.